The fourth-order valence-electron chi connectivity index (χ4n) is 1.38. The van der Waals surface area contributed by atoms with Crippen LogP contribution in [0.1, 0.15) is 17.0 Å². The third kappa shape index (κ3) is 1.41. The van der Waals surface area contributed by atoms with E-state index in [0.29, 0.717) is 0 Å². The molecule has 0 N–H and O–H groups in total. The lowest BCUT2D eigenvalue weighted by molar-refractivity contribution is 0.947. The quantitative estimate of drug-likeness (QED) is 0.685. The van der Waals surface area contributed by atoms with Crippen LogP contribution in [-0.4, -0.2) is 14.5 Å². The van der Waals surface area contributed by atoms with Crippen molar-refractivity contribution in [2.75, 3.05) is 0 Å². The molecule has 2 aromatic heterocycles. The van der Waals surface area contributed by atoms with Gasteiger partial charge in [0.2, 0.25) is 0 Å². The van der Waals surface area contributed by atoms with E-state index < -0.39 is 0 Å². The summed E-state index contributed by atoms with van der Waals surface area (Å²) in [5.41, 5.74) is 3.40. The summed E-state index contributed by atoms with van der Waals surface area (Å²) in [6.45, 7) is 6.11. The Morgan fingerprint density at radius 3 is 2.50 bits per heavy atom. The van der Waals surface area contributed by atoms with Gasteiger partial charge in [0.25, 0.3) is 0 Å². The minimum Gasteiger partial charge on any atom is -0.287 e. The number of pyridine rings is 1. The van der Waals surface area contributed by atoms with Crippen LogP contribution in [0.3, 0.4) is 0 Å². The Kier molecular flexibility index (Phi) is 2.08. The number of imidazole rings is 1. The first-order chi connectivity index (χ1) is 6.68. The second-order valence-corrected chi connectivity index (χ2v) is 3.48. The topological polar surface area (TPSA) is 30.7 Å². The fourth-order valence-corrected chi connectivity index (χ4v) is 1.38. The van der Waals surface area contributed by atoms with Crippen molar-refractivity contribution in [1.82, 2.24) is 14.5 Å². The van der Waals surface area contributed by atoms with Crippen molar-refractivity contribution in [3.63, 3.8) is 0 Å². The Bertz CT molecular complexity index is 457. The van der Waals surface area contributed by atoms with Crippen LogP contribution in [0, 0.1) is 20.8 Å². The molecule has 0 aliphatic carbocycles. The molecule has 0 aliphatic rings. The van der Waals surface area contributed by atoms with Crippen LogP contribution >= 0.6 is 0 Å². The first kappa shape index (κ1) is 8.94. The number of hydrogen-bond donors (Lipinski definition) is 0. The Balaban J connectivity index is 2.55. The van der Waals surface area contributed by atoms with E-state index in [4.69, 9.17) is 0 Å². The molecule has 0 fully saturated rings. The van der Waals surface area contributed by atoms with Crippen LogP contribution < -0.4 is 0 Å². The lowest BCUT2D eigenvalue weighted by atomic mass is 10.3. The van der Waals surface area contributed by atoms with Crippen LogP contribution in [0.25, 0.3) is 5.82 Å². The zero-order valence-corrected chi connectivity index (χ0v) is 8.65. The van der Waals surface area contributed by atoms with Crippen molar-refractivity contribution in [2.45, 2.75) is 20.8 Å². The van der Waals surface area contributed by atoms with Crippen LogP contribution in [0.5, 0.6) is 0 Å². The molecule has 0 spiro atoms. The van der Waals surface area contributed by atoms with Gasteiger partial charge in [0.05, 0.1) is 5.69 Å². The fraction of sp³-hybridized carbons (Fsp3) is 0.273. The van der Waals surface area contributed by atoms with Gasteiger partial charge >= 0.3 is 0 Å². The molecule has 72 valence electrons. The number of aryl methyl sites for hydroxylation is 2. The maximum atomic E-state index is 4.31. The average Bonchev–Trinajstić information content (AvgIpc) is 2.48. The molecule has 14 heavy (non-hydrogen) atoms. The molecule has 0 bridgehead atoms. The van der Waals surface area contributed by atoms with Crippen molar-refractivity contribution in [1.29, 1.82) is 0 Å². The monoisotopic (exact) mass is 187 g/mol. The Hall–Kier alpha value is -1.64. The summed E-state index contributed by atoms with van der Waals surface area (Å²) in [7, 11) is 0. The second kappa shape index (κ2) is 3.25. The molecule has 2 rings (SSSR count). The summed E-state index contributed by atoms with van der Waals surface area (Å²) in [5.74, 6) is 0.933. The van der Waals surface area contributed by atoms with E-state index in [9.17, 15) is 0 Å². The van der Waals surface area contributed by atoms with E-state index in [1.54, 1.807) is 0 Å². The predicted molar refractivity (Wildman–Crippen MR) is 55.6 cm³/mol. The van der Waals surface area contributed by atoms with Crippen LogP contribution in [-0.2, 0) is 0 Å². The third-order valence-electron chi connectivity index (χ3n) is 2.40. The lowest BCUT2D eigenvalue weighted by Gasteiger charge is -2.04. The molecule has 0 amide bonds. The van der Waals surface area contributed by atoms with Crippen LogP contribution in [0.4, 0.5) is 0 Å². The van der Waals surface area contributed by atoms with Gasteiger partial charge in [-0.2, -0.15) is 0 Å². The SMILES string of the molecule is Cc1ccnc(-n2cnc(C)c2C)c1. The number of hydrogen-bond acceptors (Lipinski definition) is 2. The highest BCUT2D eigenvalue weighted by Crippen LogP contribution is 2.11. The standard InChI is InChI=1S/C11H13N3/c1-8-4-5-12-11(6-8)14-7-13-9(2)10(14)3/h4-7H,1-3H3. The molecular weight excluding hydrogens is 174 g/mol. The first-order valence-corrected chi connectivity index (χ1v) is 4.62. The second-order valence-electron chi connectivity index (χ2n) is 3.48. The van der Waals surface area contributed by atoms with Gasteiger partial charge < -0.3 is 0 Å². The molecule has 0 atom stereocenters. The molecule has 0 saturated carbocycles. The van der Waals surface area contributed by atoms with Gasteiger partial charge in [-0.05, 0) is 38.5 Å². The Morgan fingerprint density at radius 2 is 1.93 bits per heavy atom. The van der Waals surface area contributed by atoms with Gasteiger partial charge in [-0.15, -0.1) is 0 Å². The first-order valence-electron chi connectivity index (χ1n) is 4.62. The van der Waals surface area contributed by atoms with Gasteiger partial charge in [-0.3, -0.25) is 4.57 Å². The van der Waals surface area contributed by atoms with Crippen molar-refractivity contribution < 1.29 is 0 Å². The lowest BCUT2D eigenvalue weighted by Crippen LogP contribution is -1.98. The van der Waals surface area contributed by atoms with E-state index in [1.807, 2.05) is 43.1 Å². The van der Waals surface area contributed by atoms with Gasteiger partial charge in [0.1, 0.15) is 12.1 Å². The summed E-state index contributed by atoms with van der Waals surface area (Å²) in [5, 5.41) is 0. The zero-order chi connectivity index (χ0) is 10.1. The molecule has 2 aromatic rings. The predicted octanol–water partition coefficient (Wildman–Crippen LogP) is 2.19. The minimum atomic E-state index is 0.933. The average molecular weight is 187 g/mol. The highest BCUT2D eigenvalue weighted by atomic mass is 15.1. The van der Waals surface area contributed by atoms with Crippen molar-refractivity contribution in [3.05, 3.63) is 41.6 Å². The highest BCUT2D eigenvalue weighted by Gasteiger charge is 2.04. The van der Waals surface area contributed by atoms with Crippen molar-refractivity contribution in [2.24, 2.45) is 0 Å². The van der Waals surface area contributed by atoms with Gasteiger partial charge in [0, 0.05) is 11.9 Å². The smallest absolute Gasteiger partial charge is 0.138 e. The van der Waals surface area contributed by atoms with Crippen molar-refractivity contribution in [3.8, 4) is 5.82 Å². The Morgan fingerprint density at radius 1 is 1.14 bits per heavy atom. The maximum absolute atomic E-state index is 4.31. The summed E-state index contributed by atoms with van der Waals surface area (Å²) in [6, 6.07) is 4.04. The number of nitrogens with zero attached hydrogens (tertiary/aromatic N) is 3. The van der Waals surface area contributed by atoms with Gasteiger partial charge in [-0.1, -0.05) is 0 Å². The maximum Gasteiger partial charge on any atom is 0.138 e. The van der Waals surface area contributed by atoms with E-state index >= 15 is 0 Å². The molecular formula is C11H13N3. The van der Waals surface area contributed by atoms with Gasteiger partial charge in [0.15, 0.2) is 0 Å². The van der Waals surface area contributed by atoms with Crippen molar-refractivity contribution >= 4 is 0 Å². The number of rotatable bonds is 1. The molecule has 0 saturated heterocycles. The van der Waals surface area contributed by atoms with Crippen LogP contribution in [0.2, 0.25) is 0 Å². The summed E-state index contributed by atoms with van der Waals surface area (Å²) >= 11 is 0. The molecule has 3 nitrogen and oxygen atoms in total. The molecule has 3 heteroatoms. The summed E-state index contributed by atoms with van der Waals surface area (Å²) in [6.07, 6.45) is 3.63. The summed E-state index contributed by atoms with van der Waals surface area (Å²) < 4.78 is 2.00. The molecule has 2 heterocycles. The van der Waals surface area contributed by atoms with E-state index in [1.165, 1.54) is 5.56 Å². The largest absolute Gasteiger partial charge is 0.287 e. The zero-order valence-electron chi connectivity index (χ0n) is 8.65. The highest BCUT2D eigenvalue weighted by molar-refractivity contribution is 5.30. The van der Waals surface area contributed by atoms with E-state index in [0.717, 1.165) is 17.2 Å². The Labute approximate surface area is 83.4 Å². The molecule has 0 aromatic carbocycles. The molecule has 0 aliphatic heterocycles. The van der Waals surface area contributed by atoms with E-state index in [-0.39, 0.29) is 0 Å². The molecule has 0 radical (unpaired) electrons. The van der Waals surface area contributed by atoms with E-state index in [2.05, 4.69) is 16.9 Å². The number of aromatic nitrogens is 3. The normalized spacial score (nSPS) is 10.5. The molecule has 0 unspecified atom stereocenters. The van der Waals surface area contributed by atoms with Gasteiger partial charge in [-0.25, -0.2) is 9.97 Å². The van der Waals surface area contributed by atoms with Crippen LogP contribution in [0.15, 0.2) is 24.7 Å². The summed E-state index contributed by atoms with van der Waals surface area (Å²) in [4.78, 5) is 8.55. The third-order valence-corrected chi connectivity index (χ3v) is 2.40. The minimum absolute atomic E-state index is 0.933.